The molecule has 0 aromatic carbocycles. The zero-order valence-corrected chi connectivity index (χ0v) is 12.7. The fourth-order valence-electron chi connectivity index (χ4n) is 2.91. The molecule has 120 valence electrons. The Morgan fingerprint density at radius 3 is 2.76 bits per heavy atom. The lowest BCUT2D eigenvalue weighted by molar-refractivity contribution is -0.439. The highest BCUT2D eigenvalue weighted by Gasteiger charge is 2.54. The number of aliphatic hydroxyl groups excluding tert-OH is 1. The van der Waals surface area contributed by atoms with Gasteiger partial charge in [0.2, 0.25) is 0 Å². The normalized spacial score (nSPS) is 32.9. The van der Waals surface area contributed by atoms with Crippen molar-refractivity contribution in [1.29, 1.82) is 0 Å². The van der Waals surface area contributed by atoms with Crippen LogP contribution in [0.15, 0.2) is 11.5 Å². The largest absolute Gasteiger partial charge is 0.381 e. The highest BCUT2D eigenvalue weighted by Crippen LogP contribution is 2.36. The molecule has 2 heterocycles. The van der Waals surface area contributed by atoms with E-state index in [0.717, 1.165) is 6.42 Å². The lowest BCUT2D eigenvalue weighted by Crippen LogP contribution is -2.49. The van der Waals surface area contributed by atoms with Crippen LogP contribution < -0.4 is 0 Å². The van der Waals surface area contributed by atoms with Crippen molar-refractivity contribution in [3.63, 3.8) is 0 Å². The van der Waals surface area contributed by atoms with E-state index in [0.29, 0.717) is 32.2 Å². The highest BCUT2D eigenvalue weighted by atomic mass is 16.6. The molecule has 8 nitrogen and oxygen atoms in total. The van der Waals surface area contributed by atoms with Gasteiger partial charge in [0.05, 0.1) is 11.5 Å². The fourth-order valence-corrected chi connectivity index (χ4v) is 2.91. The van der Waals surface area contributed by atoms with Crippen molar-refractivity contribution < 1.29 is 19.9 Å². The predicted molar refractivity (Wildman–Crippen MR) is 74.6 cm³/mol. The quantitative estimate of drug-likeness (QED) is 0.536. The minimum atomic E-state index is -1.68. The van der Waals surface area contributed by atoms with Crippen molar-refractivity contribution in [3.8, 4) is 0 Å². The van der Waals surface area contributed by atoms with Crippen LogP contribution >= 0.6 is 0 Å². The van der Waals surface area contributed by atoms with E-state index >= 15 is 0 Å². The molecule has 21 heavy (non-hydrogen) atoms. The molecule has 0 spiro atoms. The van der Waals surface area contributed by atoms with Crippen molar-refractivity contribution in [2.24, 2.45) is 5.92 Å². The molecule has 3 atom stereocenters. The highest BCUT2D eigenvalue weighted by molar-refractivity contribution is 5.22. The first-order valence-corrected chi connectivity index (χ1v) is 7.16. The van der Waals surface area contributed by atoms with Gasteiger partial charge in [0.1, 0.15) is 0 Å². The molecular weight excluding hydrogens is 278 g/mol. The summed E-state index contributed by atoms with van der Waals surface area (Å²) < 4.78 is 5.34. The van der Waals surface area contributed by atoms with Crippen molar-refractivity contribution >= 4 is 0 Å². The topological polar surface area (TPSA) is 99.3 Å². The van der Waals surface area contributed by atoms with Gasteiger partial charge in [-0.15, -0.1) is 0 Å². The molecule has 2 aliphatic heterocycles. The van der Waals surface area contributed by atoms with Gasteiger partial charge in [-0.3, -0.25) is 10.1 Å². The smallest absolute Gasteiger partial charge is 0.319 e. The number of ether oxygens (including phenoxy) is 1. The minimum absolute atomic E-state index is 0.284. The van der Waals surface area contributed by atoms with Crippen LogP contribution in [0.3, 0.4) is 0 Å². The third-order valence-corrected chi connectivity index (χ3v) is 4.38. The summed E-state index contributed by atoms with van der Waals surface area (Å²) in [7, 11) is 1.56. The Morgan fingerprint density at radius 1 is 1.62 bits per heavy atom. The van der Waals surface area contributed by atoms with Gasteiger partial charge in [-0.1, -0.05) is 0 Å². The van der Waals surface area contributed by atoms with Gasteiger partial charge in [-0.2, -0.15) is 0 Å². The standard InChI is InChI=1S/C13H23N3O5/c1-4-15(7-9-5-6-21-8-9)12-10(16(19)20)11(17)13(2,18)14(12)3/h9,11,17-18H,4-8H2,1-3H3. The number of rotatable bonds is 5. The Morgan fingerprint density at radius 2 is 2.29 bits per heavy atom. The number of hydrogen-bond donors (Lipinski definition) is 2. The van der Waals surface area contributed by atoms with Gasteiger partial charge in [-0.25, -0.2) is 0 Å². The lowest BCUT2D eigenvalue weighted by atomic mass is 10.1. The van der Waals surface area contributed by atoms with E-state index in [1.54, 1.807) is 7.05 Å². The SMILES string of the molecule is CCN(CC1CCOC1)C1=C([N+](=O)[O-])C(O)C(C)(O)N1C. The second kappa shape index (κ2) is 5.78. The van der Waals surface area contributed by atoms with Crippen LogP contribution in [0.4, 0.5) is 0 Å². The molecule has 1 fully saturated rings. The molecule has 2 N–H and O–H groups in total. The predicted octanol–water partition coefficient (Wildman–Crippen LogP) is -0.195. The summed E-state index contributed by atoms with van der Waals surface area (Å²) in [6.45, 7) is 5.78. The number of nitro groups is 1. The molecule has 0 aromatic rings. The Hall–Kier alpha value is -1.38. The van der Waals surface area contributed by atoms with E-state index in [-0.39, 0.29) is 11.5 Å². The van der Waals surface area contributed by atoms with Crippen LogP contribution in [0.25, 0.3) is 0 Å². The van der Waals surface area contributed by atoms with E-state index in [1.807, 2.05) is 11.8 Å². The summed E-state index contributed by atoms with van der Waals surface area (Å²) in [5, 5.41) is 31.7. The number of likely N-dealkylation sites (N-methyl/N-ethyl adjacent to an activating group) is 1. The monoisotopic (exact) mass is 301 g/mol. The summed E-state index contributed by atoms with van der Waals surface area (Å²) in [6.07, 6.45) is -0.623. The van der Waals surface area contributed by atoms with Crippen LogP contribution in [0, 0.1) is 16.0 Å². The van der Waals surface area contributed by atoms with Gasteiger partial charge in [0.15, 0.2) is 17.6 Å². The van der Waals surface area contributed by atoms with E-state index < -0.39 is 16.8 Å². The minimum Gasteiger partial charge on any atom is -0.381 e. The number of aliphatic hydroxyl groups is 2. The van der Waals surface area contributed by atoms with Crippen LogP contribution in [-0.4, -0.2) is 70.1 Å². The van der Waals surface area contributed by atoms with E-state index in [1.165, 1.54) is 11.8 Å². The molecular formula is C13H23N3O5. The van der Waals surface area contributed by atoms with Crippen molar-refractivity contribution in [2.75, 3.05) is 33.4 Å². The molecule has 0 radical (unpaired) electrons. The number of nitrogens with zero attached hydrogens (tertiary/aromatic N) is 3. The van der Waals surface area contributed by atoms with Crippen molar-refractivity contribution in [3.05, 3.63) is 21.6 Å². The summed E-state index contributed by atoms with van der Waals surface area (Å²) in [5.74, 6) is 0.591. The van der Waals surface area contributed by atoms with Gasteiger partial charge >= 0.3 is 5.70 Å². The van der Waals surface area contributed by atoms with Gasteiger partial charge in [0, 0.05) is 32.7 Å². The second-order valence-corrected chi connectivity index (χ2v) is 5.79. The molecule has 0 saturated carbocycles. The van der Waals surface area contributed by atoms with Gasteiger partial charge in [0.25, 0.3) is 0 Å². The Kier molecular flexibility index (Phi) is 4.40. The van der Waals surface area contributed by atoms with Crippen LogP contribution in [-0.2, 0) is 4.74 Å². The Balaban J connectivity index is 2.32. The molecule has 2 aliphatic rings. The second-order valence-electron chi connectivity index (χ2n) is 5.79. The molecule has 3 unspecified atom stereocenters. The average molecular weight is 301 g/mol. The Labute approximate surface area is 123 Å². The first-order chi connectivity index (χ1) is 9.80. The summed E-state index contributed by atoms with van der Waals surface area (Å²) in [4.78, 5) is 13.9. The van der Waals surface area contributed by atoms with E-state index in [4.69, 9.17) is 4.74 Å². The van der Waals surface area contributed by atoms with Crippen LogP contribution in [0.5, 0.6) is 0 Å². The average Bonchev–Trinajstić information content (AvgIpc) is 2.98. The zero-order valence-electron chi connectivity index (χ0n) is 12.7. The summed E-state index contributed by atoms with van der Waals surface area (Å²) in [5.41, 5.74) is -2.03. The van der Waals surface area contributed by atoms with Crippen molar-refractivity contribution in [2.45, 2.75) is 32.1 Å². The molecule has 0 aliphatic carbocycles. The van der Waals surface area contributed by atoms with Crippen LogP contribution in [0.2, 0.25) is 0 Å². The third-order valence-electron chi connectivity index (χ3n) is 4.38. The molecule has 2 rings (SSSR count). The molecule has 0 aromatic heterocycles. The summed E-state index contributed by atoms with van der Waals surface area (Å²) in [6, 6.07) is 0. The fraction of sp³-hybridized carbons (Fsp3) is 0.846. The van der Waals surface area contributed by atoms with E-state index in [9.17, 15) is 20.3 Å². The Bertz CT molecular complexity index is 445. The van der Waals surface area contributed by atoms with Gasteiger partial charge in [-0.05, 0) is 20.3 Å². The van der Waals surface area contributed by atoms with Crippen molar-refractivity contribution in [1.82, 2.24) is 9.80 Å². The molecule has 1 saturated heterocycles. The molecule has 8 heteroatoms. The first-order valence-electron chi connectivity index (χ1n) is 7.16. The third kappa shape index (κ3) is 2.70. The van der Waals surface area contributed by atoms with Gasteiger partial charge < -0.3 is 24.7 Å². The molecule has 0 bridgehead atoms. The molecule has 0 amide bonds. The maximum Gasteiger partial charge on any atom is 0.319 e. The van der Waals surface area contributed by atoms with Crippen LogP contribution in [0.1, 0.15) is 20.3 Å². The lowest BCUT2D eigenvalue weighted by Gasteiger charge is -2.36. The number of hydrogen-bond acceptors (Lipinski definition) is 7. The maximum absolute atomic E-state index is 11.3. The summed E-state index contributed by atoms with van der Waals surface area (Å²) >= 11 is 0. The first kappa shape index (κ1) is 16.0. The van der Waals surface area contributed by atoms with E-state index in [2.05, 4.69) is 0 Å². The zero-order chi connectivity index (χ0) is 15.8. The maximum atomic E-state index is 11.3.